The summed E-state index contributed by atoms with van der Waals surface area (Å²) < 4.78 is 5.55. The summed E-state index contributed by atoms with van der Waals surface area (Å²) >= 11 is 0. The van der Waals surface area contributed by atoms with Crippen LogP contribution in [0.3, 0.4) is 0 Å². The number of ether oxygens (including phenoxy) is 1. The summed E-state index contributed by atoms with van der Waals surface area (Å²) in [5, 5.41) is 0.895. The van der Waals surface area contributed by atoms with Crippen LogP contribution in [0.2, 0.25) is 0 Å². The Morgan fingerprint density at radius 2 is 1.88 bits per heavy atom. The Kier molecular flexibility index (Phi) is 7.65. The van der Waals surface area contributed by atoms with Crippen LogP contribution >= 0.6 is 0 Å². The summed E-state index contributed by atoms with van der Waals surface area (Å²) in [6, 6.07) is 7.83. The molecule has 0 amide bonds. The number of esters is 1. The SMILES string of the molecule is CCCCCCC/C=C/c1nc2ccccc2c(OC(C)=O)c1CC. The lowest BCUT2D eigenvalue weighted by atomic mass is 10.0. The second kappa shape index (κ2) is 9.97. The smallest absolute Gasteiger partial charge is 0.308 e. The first-order valence-electron chi connectivity index (χ1n) is 9.43. The zero-order chi connectivity index (χ0) is 18.1. The van der Waals surface area contributed by atoms with Gasteiger partial charge in [0, 0.05) is 17.9 Å². The maximum Gasteiger partial charge on any atom is 0.308 e. The largest absolute Gasteiger partial charge is 0.426 e. The molecule has 0 aliphatic heterocycles. The summed E-state index contributed by atoms with van der Waals surface area (Å²) in [4.78, 5) is 16.3. The lowest BCUT2D eigenvalue weighted by Gasteiger charge is -2.13. The summed E-state index contributed by atoms with van der Waals surface area (Å²) in [6.45, 7) is 5.75. The van der Waals surface area contributed by atoms with Crippen molar-refractivity contribution in [3.8, 4) is 5.75 Å². The van der Waals surface area contributed by atoms with Gasteiger partial charge < -0.3 is 4.74 Å². The molecule has 0 fully saturated rings. The highest BCUT2D eigenvalue weighted by molar-refractivity contribution is 5.90. The van der Waals surface area contributed by atoms with Gasteiger partial charge in [-0.3, -0.25) is 4.79 Å². The quantitative estimate of drug-likeness (QED) is 0.409. The first-order valence-corrected chi connectivity index (χ1v) is 9.43. The molecule has 0 saturated heterocycles. The molecular weight excluding hydrogens is 310 g/mol. The topological polar surface area (TPSA) is 39.2 Å². The van der Waals surface area contributed by atoms with Crippen LogP contribution in [0, 0.1) is 0 Å². The molecule has 2 rings (SSSR count). The van der Waals surface area contributed by atoms with E-state index in [1.165, 1.54) is 39.0 Å². The van der Waals surface area contributed by atoms with E-state index in [1.54, 1.807) is 0 Å². The van der Waals surface area contributed by atoms with Crippen molar-refractivity contribution in [1.82, 2.24) is 4.98 Å². The van der Waals surface area contributed by atoms with Gasteiger partial charge in [-0.2, -0.15) is 0 Å². The van der Waals surface area contributed by atoms with Gasteiger partial charge in [0.1, 0.15) is 5.75 Å². The van der Waals surface area contributed by atoms with Crippen LogP contribution in [-0.2, 0) is 11.2 Å². The number of unbranched alkanes of at least 4 members (excludes halogenated alkanes) is 5. The molecule has 0 aliphatic rings. The van der Waals surface area contributed by atoms with E-state index < -0.39 is 0 Å². The van der Waals surface area contributed by atoms with E-state index in [1.807, 2.05) is 24.3 Å². The summed E-state index contributed by atoms with van der Waals surface area (Å²) in [6.07, 6.45) is 12.5. The number of allylic oxidation sites excluding steroid dienone is 1. The summed E-state index contributed by atoms with van der Waals surface area (Å²) in [5.41, 5.74) is 2.76. The van der Waals surface area contributed by atoms with E-state index in [4.69, 9.17) is 9.72 Å². The van der Waals surface area contributed by atoms with Crippen LogP contribution in [-0.4, -0.2) is 11.0 Å². The Labute approximate surface area is 151 Å². The lowest BCUT2D eigenvalue weighted by Crippen LogP contribution is -2.06. The number of nitrogens with zero attached hydrogens (tertiary/aromatic N) is 1. The van der Waals surface area contributed by atoms with Gasteiger partial charge in [-0.25, -0.2) is 4.98 Å². The van der Waals surface area contributed by atoms with Crippen molar-refractivity contribution in [2.45, 2.75) is 65.7 Å². The van der Waals surface area contributed by atoms with E-state index in [2.05, 4.69) is 26.0 Å². The van der Waals surface area contributed by atoms with Crippen LogP contribution < -0.4 is 4.74 Å². The number of benzene rings is 1. The average molecular weight is 339 g/mol. The first kappa shape index (κ1) is 19.2. The maximum atomic E-state index is 11.6. The Morgan fingerprint density at radius 1 is 1.12 bits per heavy atom. The molecule has 3 nitrogen and oxygen atoms in total. The molecule has 25 heavy (non-hydrogen) atoms. The van der Waals surface area contributed by atoms with Gasteiger partial charge in [0.15, 0.2) is 0 Å². The van der Waals surface area contributed by atoms with Gasteiger partial charge in [-0.15, -0.1) is 0 Å². The number of aromatic nitrogens is 1. The van der Waals surface area contributed by atoms with Crippen molar-refractivity contribution in [1.29, 1.82) is 0 Å². The second-order valence-corrected chi connectivity index (χ2v) is 6.37. The highest BCUT2D eigenvalue weighted by Crippen LogP contribution is 2.32. The van der Waals surface area contributed by atoms with Gasteiger partial charge in [0.25, 0.3) is 0 Å². The minimum Gasteiger partial charge on any atom is -0.426 e. The molecule has 3 heteroatoms. The fourth-order valence-electron chi connectivity index (χ4n) is 3.04. The van der Waals surface area contributed by atoms with Crippen molar-refractivity contribution >= 4 is 22.9 Å². The third kappa shape index (κ3) is 5.42. The van der Waals surface area contributed by atoms with Crippen LogP contribution in [0.5, 0.6) is 5.75 Å². The van der Waals surface area contributed by atoms with Gasteiger partial charge >= 0.3 is 5.97 Å². The average Bonchev–Trinajstić information content (AvgIpc) is 2.60. The van der Waals surface area contributed by atoms with E-state index in [9.17, 15) is 4.79 Å². The molecule has 1 heterocycles. The Bertz CT molecular complexity index is 734. The van der Waals surface area contributed by atoms with Crippen LogP contribution in [0.25, 0.3) is 17.0 Å². The summed E-state index contributed by atoms with van der Waals surface area (Å²) in [5.74, 6) is 0.361. The molecule has 0 bridgehead atoms. The zero-order valence-corrected chi connectivity index (χ0v) is 15.7. The van der Waals surface area contributed by atoms with Gasteiger partial charge in [0.2, 0.25) is 0 Å². The van der Waals surface area contributed by atoms with E-state index >= 15 is 0 Å². The fraction of sp³-hybridized carbons (Fsp3) is 0.455. The normalized spacial score (nSPS) is 11.3. The van der Waals surface area contributed by atoms with Gasteiger partial charge in [-0.1, -0.05) is 57.7 Å². The molecule has 1 aromatic heterocycles. The molecule has 134 valence electrons. The van der Waals surface area contributed by atoms with Crippen LogP contribution in [0.1, 0.15) is 70.6 Å². The molecule has 0 spiro atoms. The molecule has 0 saturated carbocycles. The number of rotatable bonds is 9. The van der Waals surface area contributed by atoms with Crippen molar-refractivity contribution in [2.75, 3.05) is 0 Å². The Balaban J connectivity index is 2.24. The monoisotopic (exact) mass is 339 g/mol. The minimum absolute atomic E-state index is 0.295. The second-order valence-electron chi connectivity index (χ2n) is 6.37. The first-order chi connectivity index (χ1) is 12.2. The van der Waals surface area contributed by atoms with Crippen molar-refractivity contribution in [3.63, 3.8) is 0 Å². The van der Waals surface area contributed by atoms with Crippen LogP contribution in [0.4, 0.5) is 0 Å². The zero-order valence-electron chi connectivity index (χ0n) is 15.7. The van der Waals surface area contributed by atoms with Crippen molar-refractivity contribution < 1.29 is 9.53 Å². The lowest BCUT2D eigenvalue weighted by molar-refractivity contribution is -0.131. The molecule has 0 atom stereocenters. The summed E-state index contributed by atoms with van der Waals surface area (Å²) in [7, 11) is 0. The number of carbonyl (C=O) groups is 1. The van der Waals surface area contributed by atoms with Crippen molar-refractivity contribution in [2.24, 2.45) is 0 Å². The molecule has 0 unspecified atom stereocenters. The number of carbonyl (C=O) groups excluding carboxylic acids is 1. The highest BCUT2D eigenvalue weighted by Gasteiger charge is 2.15. The number of para-hydroxylation sites is 1. The molecule has 1 aromatic carbocycles. The number of hydrogen-bond acceptors (Lipinski definition) is 3. The fourth-order valence-corrected chi connectivity index (χ4v) is 3.04. The van der Waals surface area contributed by atoms with E-state index in [0.29, 0.717) is 5.75 Å². The molecule has 0 N–H and O–H groups in total. The van der Waals surface area contributed by atoms with Gasteiger partial charge in [0.05, 0.1) is 11.2 Å². The third-order valence-electron chi connectivity index (χ3n) is 4.32. The predicted octanol–water partition coefficient (Wildman–Crippen LogP) is 6.10. The van der Waals surface area contributed by atoms with Crippen LogP contribution in [0.15, 0.2) is 30.3 Å². The standard InChI is InChI=1S/C22H29NO2/c1-4-6-7-8-9-10-11-15-20-18(5-2)22(25-17(3)24)19-14-12-13-16-21(19)23-20/h11-16H,4-10H2,1-3H3/b15-11+. The predicted molar refractivity (Wildman–Crippen MR) is 105 cm³/mol. The molecular formula is C22H29NO2. The minimum atomic E-state index is -0.295. The van der Waals surface area contributed by atoms with E-state index in [0.717, 1.165) is 35.0 Å². The molecule has 0 radical (unpaired) electrons. The van der Waals surface area contributed by atoms with Gasteiger partial charge in [-0.05, 0) is 37.5 Å². The van der Waals surface area contributed by atoms with Crippen molar-refractivity contribution in [3.05, 3.63) is 41.6 Å². The number of fused-ring (bicyclic) bond motifs is 1. The highest BCUT2D eigenvalue weighted by atomic mass is 16.5. The number of pyridine rings is 1. The third-order valence-corrected chi connectivity index (χ3v) is 4.32. The van der Waals surface area contributed by atoms with E-state index in [-0.39, 0.29) is 5.97 Å². The molecule has 2 aromatic rings. The maximum absolute atomic E-state index is 11.6. The number of hydrogen-bond donors (Lipinski definition) is 0. The molecule has 0 aliphatic carbocycles. The Morgan fingerprint density at radius 3 is 2.60 bits per heavy atom. The Hall–Kier alpha value is -2.16.